The smallest absolute Gasteiger partial charge is 0.268 e. The average molecular weight is 519 g/mol. The number of nitrogens with zero attached hydrogens (tertiary/aromatic N) is 2. The predicted octanol–water partition coefficient (Wildman–Crippen LogP) is 4.52. The maximum absolute atomic E-state index is 13.4. The van der Waals surface area contributed by atoms with Gasteiger partial charge >= 0.3 is 0 Å². The largest absolute Gasteiger partial charge is 0.372 e. The molecule has 144 valence electrons. The Balaban J connectivity index is 2.13. The van der Waals surface area contributed by atoms with E-state index in [1.54, 1.807) is 35.2 Å². The Morgan fingerprint density at radius 1 is 1.15 bits per heavy atom. The van der Waals surface area contributed by atoms with E-state index in [0.29, 0.717) is 39.9 Å². The van der Waals surface area contributed by atoms with Crippen molar-refractivity contribution >= 4 is 57.4 Å². The summed E-state index contributed by atoms with van der Waals surface area (Å²) >= 11 is 15.0. The molecule has 1 N–H and O–H groups in total. The van der Waals surface area contributed by atoms with Crippen LogP contribution in [0.4, 0.5) is 5.69 Å². The Morgan fingerprint density at radius 3 is 2.44 bits per heavy atom. The molecule has 0 fully saturated rings. The summed E-state index contributed by atoms with van der Waals surface area (Å²) in [6, 6.07) is 10.5. The number of carbonyl (C=O) groups excluding carboxylic acids is 1. The molecule has 0 spiro atoms. The minimum absolute atomic E-state index is 0.333. The SMILES string of the molecule is CCN(CC)CCN1C(=O)C(O)(c2ccccc2Cl)c2c(Cl)cc(I)cc21. The fourth-order valence-electron chi connectivity index (χ4n) is 3.55. The third kappa shape index (κ3) is 3.60. The summed E-state index contributed by atoms with van der Waals surface area (Å²) in [6.07, 6.45) is 0. The number of carbonyl (C=O) groups is 1. The molecule has 1 amide bonds. The second-order valence-corrected chi connectivity index (χ2v) is 8.52. The van der Waals surface area contributed by atoms with E-state index < -0.39 is 11.5 Å². The van der Waals surface area contributed by atoms with Gasteiger partial charge in [-0.15, -0.1) is 0 Å². The van der Waals surface area contributed by atoms with Crippen LogP contribution in [-0.2, 0) is 10.4 Å². The van der Waals surface area contributed by atoms with Gasteiger partial charge in [-0.25, -0.2) is 0 Å². The number of anilines is 1. The van der Waals surface area contributed by atoms with Gasteiger partial charge in [0.2, 0.25) is 0 Å². The van der Waals surface area contributed by atoms with Crippen LogP contribution in [0.3, 0.4) is 0 Å². The zero-order chi connectivity index (χ0) is 19.8. The zero-order valence-corrected chi connectivity index (χ0v) is 18.8. The van der Waals surface area contributed by atoms with Crippen LogP contribution >= 0.6 is 45.8 Å². The maximum atomic E-state index is 13.4. The predicted molar refractivity (Wildman–Crippen MR) is 119 cm³/mol. The van der Waals surface area contributed by atoms with Crippen molar-refractivity contribution in [1.82, 2.24) is 4.90 Å². The van der Waals surface area contributed by atoms with Crippen molar-refractivity contribution in [3.8, 4) is 0 Å². The third-order valence-electron chi connectivity index (χ3n) is 5.04. The Bertz CT molecular complexity index is 873. The molecule has 2 aromatic carbocycles. The highest BCUT2D eigenvalue weighted by Gasteiger charge is 2.53. The number of hydrogen-bond donors (Lipinski definition) is 1. The molecule has 0 bridgehead atoms. The van der Waals surface area contributed by atoms with Crippen LogP contribution in [-0.4, -0.2) is 42.1 Å². The van der Waals surface area contributed by atoms with E-state index in [1.807, 2.05) is 6.07 Å². The molecule has 0 aromatic heterocycles. The molecule has 2 aromatic rings. The summed E-state index contributed by atoms with van der Waals surface area (Å²) in [7, 11) is 0. The summed E-state index contributed by atoms with van der Waals surface area (Å²) in [6.45, 7) is 7.14. The summed E-state index contributed by atoms with van der Waals surface area (Å²) in [5.74, 6) is -0.415. The molecular weight excluding hydrogens is 498 g/mol. The second-order valence-electron chi connectivity index (χ2n) is 6.46. The standard InChI is InChI=1S/C20H21Cl2IN2O2/c1-3-24(4-2)9-10-25-17-12-13(23)11-16(22)18(17)20(27,19(25)26)14-7-5-6-8-15(14)21/h5-8,11-12,27H,3-4,9-10H2,1-2H3. The fourth-order valence-corrected chi connectivity index (χ4v) is 4.96. The van der Waals surface area contributed by atoms with Crippen LogP contribution in [0.5, 0.6) is 0 Å². The topological polar surface area (TPSA) is 43.8 Å². The van der Waals surface area contributed by atoms with E-state index in [4.69, 9.17) is 23.2 Å². The lowest BCUT2D eigenvalue weighted by atomic mass is 9.87. The lowest BCUT2D eigenvalue weighted by Gasteiger charge is -2.26. The van der Waals surface area contributed by atoms with Crippen LogP contribution < -0.4 is 4.90 Å². The molecule has 3 rings (SSSR count). The van der Waals surface area contributed by atoms with Crippen molar-refractivity contribution in [3.05, 3.63) is 61.1 Å². The minimum atomic E-state index is -1.89. The van der Waals surface area contributed by atoms with Crippen molar-refractivity contribution in [3.63, 3.8) is 0 Å². The van der Waals surface area contributed by atoms with E-state index in [1.165, 1.54) is 0 Å². The van der Waals surface area contributed by atoms with E-state index in [0.717, 1.165) is 16.7 Å². The van der Waals surface area contributed by atoms with Gasteiger partial charge in [0.1, 0.15) is 0 Å². The number of likely N-dealkylation sites (N-methyl/N-ethyl adjacent to an activating group) is 1. The number of hydrogen-bond acceptors (Lipinski definition) is 3. The normalized spacial score (nSPS) is 19.1. The fraction of sp³-hybridized carbons (Fsp3) is 0.350. The molecule has 1 atom stereocenters. The number of halogens is 3. The monoisotopic (exact) mass is 518 g/mol. The first-order valence-electron chi connectivity index (χ1n) is 8.85. The number of amides is 1. The molecule has 1 unspecified atom stereocenters. The van der Waals surface area contributed by atoms with Gasteiger partial charge in [0.05, 0.1) is 10.7 Å². The molecule has 4 nitrogen and oxygen atoms in total. The molecule has 1 aliphatic rings. The lowest BCUT2D eigenvalue weighted by molar-refractivity contribution is -0.132. The van der Waals surface area contributed by atoms with Crippen LogP contribution in [0.25, 0.3) is 0 Å². The Labute approximate surface area is 183 Å². The molecule has 0 saturated carbocycles. The van der Waals surface area contributed by atoms with Gasteiger partial charge in [-0.2, -0.15) is 0 Å². The lowest BCUT2D eigenvalue weighted by Crippen LogP contribution is -2.44. The minimum Gasteiger partial charge on any atom is -0.372 e. The summed E-state index contributed by atoms with van der Waals surface area (Å²) in [5.41, 5.74) is -0.488. The van der Waals surface area contributed by atoms with E-state index in [9.17, 15) is 9.90 Å². The highest BCUT2D eigenvalue weighted by molar-refractivity contribution is 14.1. The maximum Gasteiger partial charge on any atom is 0.268 e. The number of fused-ring (bicyclic) bond motifs is 1. The Hall–Kier alpha value is -0.860. The first-order valence-corrected chi connectivity index (χ1v) is 10.7. The van der Waals surface area contributed by atoms with Crippen molar-refractivity contribution < 1.29 is 9.90 Å². The van der Waals surface area contributed by atoms with E-state index in [-0.39, 0.29) is 0 Å². The van der Waals surface area contributed by atoms with Gasteiger partial charge in [0, 0.05) is 32.8 Å². The van der Waals surface area contributed by atoms with Gasteiger partial charge in [-0.3, -0.25) is 4.79 Å². The molecular formula is C20H21Cl2IN2O2. The number of benzene rings is 2. The molecule has 0 radical (unpaired) electrons. The summed E-state index contributed by atoms with van der Waals surface area (Å²) in [5, 5.41) is 12.3. The number of rotatable bonds is 6. The van der Waals surface area contributed by atoms with Crippen molar-refractivity contribution in [2.24, 2.45) is 0 Å². The first kappa shape index (κ1) is 20.9. The molecule has 1 heterocycles. The molecule has 27 heavy (non-hydrogen) atoms. The van der Waals surface area contributed by atoms with Crippen LogP contribution in [0.15, 0.2) is 36.4 Å². The molecule has 1 aliphatic heterocycles. The van der Waals surface area contributed by atoms with Crippen LogP contribution in [0.2, 0.25) is 10.0 Å². The Kier molecular flexibility index (Phi) is 6.37. The molecule has 0 saturated heterocycles. The second kappa shape index (κ2) is 8.25. The van der Waals surface area contributed by atoms with Crippen molar-refractivity contribution in [2.45, 2.75) is 19.4 Å². The highest BCUT2D eigenvalue weighted by Crippen LogP contribution is 2.49. The molecule has 0 aliphatic carbocycles. The van der Waals surface area contributed by atoms with Gasteiger partial charge in [-0.1, -0.05) is 55.2 Å². The van der Waals surface area contributed by atoms with E-state index >= 15 is 0 Å². The van der Waals surface area contributed by atoms with Crippen LogP contribution in [0.1, 0.15) is 25.0 Å². The summed E-state index contributed by atoms with van der Waals surface area (Å²) in [4.78, 5) is 17.3. The zero-order valence-electron chi connectivity index (χ0n) is 15.2. The van der Waals surface area contributed by atoms with Crippen LogP contribution in [0, 0.1) is 3.57 Å². The van der Waals surface area contributed by atoms with Gasteiger partial charge in [0.25, 0.3) is 5.91 Å². The van der Waals surface area contributed by atoms with Crippen molar-refractivity contribution in [1.29, 1.82) is 0 Å². The first-order chi connectivity index (χ1) is 12.8. The van der Waals surface area contributed by atoms with Gasteiger partial charge in [0.15, 0.2) is 5.60 Å². The highest BCUT2D eigenvalue weighted by atomic mass is 127. The average Bonchev–Trinajstić information content (AvgIpc) is 2.85. The quantitative estimate of drug-likeness (QED) is 0.572. The van der Waals surface area contributed by atoms with Gasteiger partial charge < -0.3 is 14.9 Å². The van der Waals surface area contributed by atoms with Crippen molar-refractivity contribution in [2.75, 3.05) is 31.1 Å². The number of aliphatic hydroxyl groups is 1. The third-order valence-corrected chi connectivity index (χ3v) is 6.29. The van der Waals surface area contributed by atoms with Gasteiger partial charge in [-0.05, 0) is 53.9 Å². The molecule has 7 heteroatoms. The summed E-state index contributed by atoms with van der Waals surface area (Å²) < 4.78 is 0.903. The van der Waals surface area contributed by atoms with E-state index in [2.05, 4.69) is 41.3 Å². The Morgan fingerprint density at radius 2 is 1.81 bits per heavy atom.